The van der Waals surface area contributed by atoms with Crippen molar-refractivity contribution in [3.05, 3.63) is 115 Å². The smallest absolute Gasteiger partial charge is 0.321 e. The van der Waals surface area contributed by atoms with E-state index in [2.05, 4.69) is 10.6 Å². The predicted molar refractivity (Wildman–Crippen MR) is 161 cm³/mol. The number of ether oxygens (including phenoxy) is 1. The normalized spacial score (nSPS) is 15.5. The van der Waals surface area contributed by atoms with E-state index in [-0.39, 0.29) is 31.1 Å². The number of urea groups is 1. The molecule has 4 aromatic rings. The molecule has 0 bridgehead atoms. The first-order valence-corrected chi connectivity index (χ1v) is 15.1. The van der Waals surface area contributed by atoms with Gasteiger partial charge in [0.15, 0.2) is 0 Å². The van der Waals surface area contributed by atoms with E-state index in [0.29, 0.717) is 11.4 Å². The SMILES string of the molecule is COc1cccc(CNC(=O)C2CN(C(=O)Nc3ccc(F)cc3)CCN2S(=O)(=O)c2ccc(-c3ccccc3)cc2)c1. The van der Waals surface area contributed by atoms with Crippen molar-refractivity contribution < 1.29 is 27.1 Å². The maximum atomic E-state index is 13.9. The molecular formula is C32H31FN4O5S. The number of nitrogens with one attached hydrogen (secondary N) is 2. The van der Waals surface area contributed by atoms with Crippen LogP contribution < -0.4 is 15.4 Å². The maximum absolute atomic E-state index is 13.9. The van der Waals surface area contributed by atoms with E-state index >= 15 is 0 Å². The summed E-state index contributed by atoms with van der Waals surface area (Å²) in [6.45, 7) is -0.100. The van der Waals surface area contributed by atoms with Gasteiger partial charge in [0.05, 0.1) is 12.0 Å². The van der Waals surface area contributed by atoms with Crippen LogP contribution in [0, 0.1) is 5.82 Å². The quantitative estimate of drug-likeness (QED) is 0.303. The lowest BCUT2D eigenvalue weighted by molar-refractivity contribution is -0.126. The first-order valence-electron chi connectivity index (χ1n) is 13.6. The third-order valence-corrected chi connectivity index (χ3v) is 9.11. The van der Waals surface area contributed by atoms with Crippen LogP contribution >= 0.6 is 0 Å². The Hall–Kier alpha value is -4.74. The van der Waals surface area contributed by atoms with Crippen LogP contribution in [0.15, 0.2) is 108 Å². The number of rotatable bonds is 8. The minimum Gasteiger partial charge on any atom is -0.497 e. The lowest BCUT2D eigenvalue weighted by Crippen LogP contribution is -2.61. The summed E-state index contributed by atoms with van der Waals surface area (Å²) in [4.78, 5) is 28.1. The predicted octanol–water partition coefficient (Wildman–Crippen LogP) is 4.72. The Morgan fingerprint density at radius 2 is 1.58 bits per heavy atom. The third kappa shape index (κ3) is 7.02. The highest BCUT2D eigenvalue weighted by Gasteiger charge is 2.41. The van der Waals surface area contributed by atoms with Gasteiger partial charge < -0.3 is 20.3 Å². The molecule has 0 saturated carbocycles. The van der Waals surface area contributed by atoms with Crippen molar-refractivity contribution in [2.24, 2.45) is 0 Å². The van der Waals surface area contributed by atoms with Crippen molar-refractivity contribution in [1.82, 2.24) is 14.5 Å². The van der Waals surface area contributed by atoms with Crippen molar-refractivity contribution in [3.63, 3.8) is 0 Å². The molecule has 9 nitrogen and oxygen atoms in total. The van der Waals surface area contributed by atoms with Crippen molar-refractivity contribution in [2.45, 2.75) is 17.5 Å². The lowest BCUT2D eigenvalue weighted by Gasteiger charge is -2.39. The van der Waals surface area contributed by atoms with Crippen LogP contribution in [0.5, 0.6) is 5.75 Å². The number of anilines is 1. The second kappa shape index (κ2) is 13.1. The standard InChI is InChI=1S/C32H31FN4O5S/c1-42-28-9-5-6-23(20-28)21-34-31(38)30-22-36(32(39)35-27-14-12-26(33)13-15-27)18-19-37(30)43(40,41)29-16-10-25(11-17-29)24-7-3-2-4-8-24/h2-17,20,30H,18-19,21-22H2,1H3,(H,34,38)(H,35,39). The van der Waals surface area contributed by atoms with E-state index in [9.17, 15) is 22.4 Å². The van der Waals surface area contributed by atoms with Gasteiger partial charge in [-0.1, -0.05) is 54.6 Å². The van der Waals surface area contributed by atoms with E-state index in [1.165, 1.54) is 41.3 Å². The third-order valence-electron chi connectivity index (χ3n) is 7.19. The number of carbonyl (C=O) groups excluding carboxylic acids is 2. The number of benzene rings is 4. The fourth-order valence-electron chi connectivity index (χ4n) is 4.86. The number of piperazine rings is 1. The highest BCUT2D eigenvalue weighted by atomic mass is 32.2. The summed E-state index contributed by atoms with van der Waals surface area (Å²) in [5.41, 5.74) is 2.94. The zero-order valence-electron chi connectivity index (χ0n) is 23.4. The monoisotopic (exact) mass is 602 g/mol. The molecule has 2 N–H and O–H groups in total. The van der Waals surface area contributed by atoms with Crippen LogP contribution in [-0.4, -0.2) is 62.3 Å². The molecule has 5 rings (SSSR count). The Balaban J connectivity index is 1.37. The molecule has 1 aliphatic rings. The zero-order valence-corrected chi connectivity index (χ0v) is 24.3. The number of halogens is 1. The van der Waals surface area contributed by atoms with Crippen LogP contribution in [0.2, 0.25) is 0 Å². The molecule has 222 valence electrons. The van der Waals surface area contributed by atoms with Gasteiger partial charge in [-0.3, -0.25) is 4.79 Å². The molecule has 0 aromatic heterocycles. The Morgan fingerprint density at radius 1 is 0.884 bits per heavy atom. The van der Waals surface area contributed by atoms with E-state index in [1.807, 2.05) is 36.4 Å². The van der Waals surface area contributed by atoms with E-state index < -0.39 is 33.8 Å². The molecule has 4 aromatic carbocycles. The van der Waals surface area contributed by atoms with Crippen LogP contribution in [0.3, 0.4) is 0 Å². The molecule has 1 fully saturated rings. The van der Waals surface area contributed by atoms with Crippen LogP contribution in [0.25, 0.3) is 11.1 Å². The fourth-order valence-corrected chi connectivity index (χ4v) is 6.43. The Kier molecular flexibility index (Phi) is 9.03. The van der Waals surface area contributed by atoms with Crippen LogP contribution in [0.4, 0.5) is 14.9 Å². The summed E-state index contributed by atoms with van der Waals surface area (Å²) in [7, 11) is -2.57. The molecule has 1 unspecified atom stereocenters. The number of sulfonamides is 1. The van der Waals surface area contributed by atoms with Gasteiger partial charge in [0.2, 0.25) is 15.9 Å². The molecular weight excluding hydrogens is 571 g/mol. The zero-order chi connectivity index (χ0) is 30.4. The second-order valence-electron chi connectivity index (χ2n) is 9.97. The summed E-state index contributed by atoms with van der Waals surface area (Å²) >= 11 is 0. The molecule has 0 radical (unpaired) electrons. The molecule has 1 atom stereocenters. The summed E-state index contributed by atoms with van der Waals surface area (Å²) in [5.74, 6) is -0.371. The van der Waals surface area contributed by atoms with Crippen molar-refractivity contribution in [1.29, 1.82) is 0 Å². The van der Waals surface area contributed by atoms with Gasteiger partial charge in [-0.25, -0.2) is 17.6 Å². The van der Waals surface area contributed by atoms with Crippen molar-refractivity contribution in [2.75, 3.05) is 32.1 Å². The summed E-state index contributed by atoms with van der Waals surface area (Å²) in [5, 5.41) is 5.50. The van der Waals surface area contributed by atoms with Crippen molar-refractivity contribution >= 4 is 27.6 Å². The number of hydrogen-bond donors (Lipinski definition) is 2. The molecule has 0 spiro atoms. The summed E-state index contributed by atoms with van der Waals surface area (Å²) < 4.78 is 47.5. The van der Waals surface area contributed by atoms with Crippen LogP contribution in [-0.2, 0) is 21.4 Å². The van der Waals surface area contributed by atoms with E-state index in [0.717, 1.165) is 21.0 Å². The van der Waals surface area contributed by atoms with Crippen LogP contribution in [0.1, 0.15) is 5.56 Å². The maximum Gasteiger partial charge on any atom is 0.321 e. The van der Waals surface area contributed by atoms with Gasteiger partial charge in [0.25, 0.3) is 0 Å². The number of carbonyl (C=O) groups is 2. The second-order valence-corrected chi connectivity index (χ2v) is 11.9. The first-order chi connectivity index (χ1) is 20.7. The van der Waals surface area contributed by atoms with E-state index in [1.54, 1.807) is 37.4 Å². The molecule has 43 heavy (non-hydrogen) atoms. The van der Waals surface area contributed by atoms with Gasteiger partial charge in [0, 0.05) is 31.9 Å². The van der Waals surface area contributed by atoms with E-state index in [4.69, 9.17) is 4.74 Å². The largest absolute Gasteiger partial charge is 0.497 e. The summed E-state index contributed by atoms with van der Waals surface area (Å²) in [6.07, 6.45) is 0. The van der Waals surface area contributed by atoms with Crippen molar-refractivity contribution in [3.8, 4) is 16.9 Å². The van der Waals surface area contributed by atoms with Gasteiger partial charge in [-0.2, -0.15) is 4.31 Å². The van der Waals surface area contributed by atoms with Gasteiger partial charge >= 0.3 is 6.03 Å². The average Bonchev–Trinajstić information content (AvgIpc) is 3.05. The number of nitrogens with zero attached hydrogens (tertiary/aromatic N) is 2. The first kappa shape index (κ1) is 29.7. The molecule has 11 heteroatoms. The van der Waals surface area contributed by atoms with Gasteiger partial charge in [-0.15, -0.1) is 0 Å². The lowest BCUT2D eigenvalue weighted by atomic mass is 10.1. The average molecular weight is 603 g/mol. The molecule has 3 amide bonds. The highest BCUT2D eigenvalue weighted by molar-refractivity contribution is 7.89. The Morgan fingerprint density at radius 3 is 2.28 bits per heavy atom. The summed E-state index contributed by atoms with van der Waals surface area (Å²) in [6, 6.07) is 26.8. The number of amides is 3. The Bertz CT molecular complexity index is 1680. The topological polar surface area (TPSA) is 108 Å². The fraction of sp³-hybridized carbons (Fsp3) is 0.188. The highest BCUT2D eigenvalue weighted by Crippen LogP contribution is 2.26. The Labute approximate surface area is 249 Å². The molecule has 1 aliphatic heterocycles. The molecule has 1 heterocycles. The van der Waals surface area contributed by atoms with Gasteiger partial charge in [-0.05, 0) is 65.2 Å². The molecule has 0 aliphatic carbocycles. The number of methoxy groups -OCH3 is 1. The molecule has 1 saturated heterocycles. The minimum absolute atomic E-state index is 0.0435. The van der Waals surface area contributed by atoms with Gasteiger partial charge in [0.1, 0.15) is 17.6 Å². The minimum atomic E-state index is -4.11. The number of hydrogen-bond acceptors (Lipinski definition) is 5.